The summed E-state index contributed by atoms with van der Waals surface area (Å²) in [6, 6.07) is 7.64. The average molecular weight is 230 g/mol. The van der Waals surface area contributed by atoms with Crippen molar-refractivity contribution in [1.29, 1.82) is 0 Å². The van der Waals surface area contributed by atoms with Gasteiger partial charge < -0.3 is 10.2 Å². The molecule has 3 heteroatoms. The average Bonchev–Trinajstić information content (AvgIpc) is 2.32. The number of carbonyl (C=O) groups excluding carboxylic acids is 1. The number of fused-ring (bicyclic) bond motifs is 1. The summed E-state index contributed by atoms with van der Waals surface area (Å²) in [6.45, 7) is 8.50. The Morgan fingerprint density at radius 2 is 2.18 bits per heavy atom. The van der Waals surface area contributed by atoms with Gasteiger partial charge in [-0.15, -0.1) is 6.58 Å². The number of hydrogen-bond acceptors (Lipinski definition) is 2. The highest BCUT2D eigenvalue weighted by molar-refractivity contribution is 6.01. The lowest BCUT2D eigenvalue weighted by atomic mass is 10.0. The van der Waals surface area contributed by atoms with Gasteiger partial charge in [0, 0.05) is 12.2 Å². The molecule has 0 bridgehead atoms. The van der Waals surface area contributed by atoms with Crippen molar-refractivity contribution in [1.82, 2.24) is 4.90 Å². The third-order valence-corrected chi connectivity index (χ3v) is 3.01. The van der Waals surface area contributed by atoms with Crippen LogP contribution in [0.4, 0.5) is 5.69 Å². The summed E-state index contributed by atoms with van der Waals surface area (Å²) >= 11 is 0. The van der Waals surface area contributed by atoms with Gasteiger partial charge >= 0.3 is 0 Å². The van der Waals surface area contributed by atoms with Crippen LogP contribution >= 0.6 is 0 Å². The Labute approximate surface area is 102 Å². The first-order valence-electron chi connectivity index (χ1n) is 5.92. The summed E-state index contributed by atoms with van der Waals surface area (Å²) in [6.07, 6.45) is 1.80. The van der Waals surface area contributed by atoms with E-state index in [2.05, 4.69) is 25.7 Å². The highest BCUT2D eigenvalue weighted by atomic mass is 16.2. The predicted octanol–water partition coefficient (Wildman–Crippen LogP) is 2.72. The van der Waals surface area contributed by atoms with Crippen molar-refractivity contribution < 1.29 is 4.79 Å². The van der Waals surface area contributed by atoms with E-state index in [-0.39, 0.29) is 12.1 Å². The molecule has 0 saturated carbocycles. The molecule has 2 rings (SSSR count). The molecule has 1 amide bonds. The van der Waals surface area contributed by atoms with E-state index in [0.29, 0.717) is 12.5 Å². The molecule has 3 nitrogen and oxygen atoms in total. The third-order valence-electron chi connectivity index (χ3n) is 3.01. The molecule has 0 aromatic heterocycles. The van der Waals surface area contributed by atoms with Gasteiger partial charge in [0.1, 0.15) is 6.17 Å². The van der Waals surface area contributed by atoms with Crippen LogP contribution in [-0.4, -0.2) is 23.5 Å². The molecule has 1 aliphatic heterocycles. The number of nitrogens with one attached hydrogen (secondary N) is 1. The highest BCUT2D eigenvalue weighted by Crippen LogP contribution is 2.27. The van der Waals surface area contributed by atoms with Crippen LogP contribution in [0.25, 0.3) is 0 Å². The Hall–Kier alpha value is -1.77. The molecular weight excluding hydrogens is 212 g/mol. The Morgan fingerprint density at radius 3 is 2.82 bits per heavy atom. The van der Waals surface area contributed by atoms with E-state index in [1.54, 1.807) is 6.08 Å². The van der Waals surface area contributed by atoms with Crippen LogP contribution in [-0.2, 0) is 0 Å². The first kappa shape index (κ1) is 11.7. The number of rotatable bonds is 3. The smallest absolute Gasteiger partial charge is 0.257 e. The zero-order valence-corrected chi connectivity index (χ0v) is 10.3. The second-order valence-corrected chi connectivity index (χ2v) is 4.62. The summed E-state index contributed by atoms with van der Waals surface area (Å²) in [4.78, 5) is 14.2. The molecule has 1 unspecified atom stereocenters. The van der Waals surface area contributed by atoms with Gasteiger partial charge in [0.15, 0.2) is 0 Å². The van der Waals surface area contributed by atoms with Crippen molar-refractivity contribution in [2.24, 2.45) is 5.92 Å². The minimum atomic E-state index is 0.0374. The number of nitrogens with zero attached hydrogens (tertiary/aromatic N) is 1. The van der Waals surface area contributed by atoms with Gasteiger partial charge in [0.05, 0.1) is 5.56 Å². The van der Waals surface area contributed by atoms with Gasteiger partial charge in [0.25, 0.3) is 5.91 Å². The fourth-order valence-corrected chi connectivity index (χ4v) is 2.18. The first-order chi connectivity index (χ1) is 8.15. The first-order valence-corrected chi connectivity index (χ1v) is 5.92. The molecule has 0 aliphatic carbocycles. The van der Waals surface area contributed by atoms with Crippen LogP contribution in [0.15, 0.2) is 36.9 Å². The Bertz CT molecular complexity index is 440. The SMILES string of the molecule is C=CCN1C(=O)c2ccccc2NC1C(C)C. The monoisotopic (exact) mass is 230 g/mol. The maximum atomic E-state index is 12.4. The van der Waals surface area contributed by atoms with E-state index in [9.17, 15) is 4.79 Å². The van der Waals surface area contributed by atoms with Gasteiger partial charge in [-0.1, -0.05) is 32.1 Å². The van der Waals surface area contributed by atoms with Crippen LogP contribution in [0.1, 0.15) is 24.2 Å². The number of hydrogen-bond donors (Lipinski definition) is 1. The molecule has 0 fully saturated rings. The van der Waals surface area contributed by atoms with Crippen molar-refractivity contribution in [3.8, 4) is 0 Å². The van der Waals surface area contributed by atoms with Crippen molar-refractivity contribution >= 4 is 11.6 Å². The molecule has 1 aromatic rings. The Balaban J connectivity index is 2.40. The van der Waals surface area contributed by atoms with Gasteiger partial charge in [-0.3, -0.25) is 4.79 Å². The maximum absolute atomic E-state index is 12.4. The van der Waals surface area contributed by atoms with E-state index in [4.69, 9.17) is 0 Å². The highest BCUT2D eigenvalue weighted by Gasteiger charge is 2.32. The number of anilines is 1. The number of amides is 1. The Morgan fingerprint density at radius 1 is 1.47 bits per heavy atom. The molecule has 0 saturated heterocycles. The van der Waals surface area contributed by atoms with Gasteiger partial charge in [-0.25, -0.2) is 0 Å². The normalized spacial score (nSPS) is 18.9. The van der Waals surface area contributed by atoms with Crippen LogP contribution in [0, 0.1) is 5.92 Å². The van der Waals surface area contributed by atoms with E-state index < -0.39 is 0 Å². The zero-order chi connectivity index (χ0) is 12.4. The zero-order valence-electron chi connectivity index (χ0n) is 10.3. The lowest BCUT2D eigenvalue weighted by Crippen LogP contribution is -2.51. The van der Waals surface area contributed by atoms with Crippen LogP contribution in [0.3, 0.4) is 0 Å². The van der Waals surface area contributed by atoms with Gasteiger partial charge in [0.2, 0.25) is 0 Å². The van der Waals surface area contributed by atoms with Crippen molar-refractivity contribution in [2.75, 3.05) is 11.9 Å². The summed E-state index contributed by atoms with van der Waals surface area (Å²) < 4.78 is 0. The molecule has 1 atom stereocenters. The summed E-state index contributed by atoms with van der Waals surface area (Å²) in [5, 5.41) is 3.42. The molecule has 17 heavy (non-hydrogen) atoms. The minimum Gasteiger partial charge on any atom is -0.364 e. The summed E-state index contributed by atoms with van der Waals surface area (Å²) in [7, 11) is 0. The topological polar surface area (TPSA) is 32.3 Å². The lowest BCUT2D eigenvalue weighted by molar-refractivity contribution is 0.0667. The van der Waals surface area contributed by atoms with E-state index in [0.717, 1.165) is 11.3 Å². The third kappa shape index (κ3) is 2.05. The van der Waals surface area contributed by atoms with E-state index in [1.807, 2.05) is 29.2 Å². The lowest BCUT2D eigenvalue weighted by Gasteiger charge is -2.39. The second kappa shape index (κ2) is 4.62. The number of benzene rings is 1. The quantitative estimate of drug-likeness (QED) is 0.810. The molecule has 0 radical (unpaired) electrons. The molecular formula is C14H18N2O. The fourth-order valence-electron chi connectivity index (χ4n) is 2.18. The summed E-state index contributed by atoms with van der Waals surface area (Å²) in [5.41, 5.74) is 1.67. The van der Waals surface area contributed by atoms with Gasteiger partial charge in [-0.05, 0) is 18.1 Å². The van der Waals surface area contributed by atoms with Gasteiger partial charge in [-0.2, -0.15) is 0 Å². The molecule has 90 valence electrons. The summed E-state index contributed by atoms with van der Waals surface area (Å²) in [5.74, 6) is 0.435. The number of carbonyl (C=O) groups is 1. The maximum Gasteiger partial charge on any atom is 0.257 e. The molecule has 1 aromatic carbocycles. The largest absolute Gasteiger partial charge is 0.364 e. The molecule has 1 aliphatic rings. The van der Waals surface area contributed by atoms with E-state index >= 15 is 0 Å². The van der Waals surface area contributed by atoms with E-state index in [1.165, 1.54) is 0 Å². The van der Waals surface area contributed by atoms with Crippen molar-refractivity contribution in [3.63, 3.8) is 0 Å². The van der Waals surface area contributed by atoms with Crippen LogP contribution in [0.5, 0.6) is 0 Å². The molecule has 1 N–H and O–H groups in total. The number of para-hydroxylation sites is 1. The minimum absolute atomic E-state index is 0.0374. The van der Waals surface area contributed by atoms with Crippen molar-refractivity contribution in [2.45, 2.75) is 20.0 Å². The standard InChI is InChI=1S/C14H18N2O/c1-4-9-16-13(10(2)3)15-12-8-6-5-7-11(12)14(16)17/h4-8,10,13,15H,1,9H2,2-3H3. The van der Waals surface area contributed by atoms with Crippen molar-refractivity contribution in [3.05, 3.63) is 42.5 Å². The predicted molar refractivity (Wildman–Crippen MR) is 69.9 cm³/mol. The van der Waals surface area contributed by atoms with Crippen LogP contribution in [0.2, 0.25) is 0 Å². The molecule has 1 heterocycles. The fraction of sp³-hybridized carbons (Fsp3) is 0.357. The molecule has 0 spiro atoms. The Kier molecular flexibility index (Phi) is 3.18. The second-order valence-electron chi connectivity index (χ2n) is 4.62. The van der Waals surface area contributed by atoms with Crippen LogP contribution < -0.4 is 5.32 Å².